The lowest BCUT2D eigenvalue weighted by Crippen LogP contribution is -2.35. The van der Waals surface area contributed by atoms with Crippen LogP contribution in [0.1, 0.15) is 22.3 Å². The molecule has 16 heteroatoms. The highest BCUT2D eigenvalue weighted by Gasteiger charge is 2.46. The first-order valence-electron chi connectivity index (χ1n) is 15.8. The Balaban J connectivity index is 1.45. The fraction of sp³-hybridized carbons (Fsp3) is 0.250. The van der Waals surface area contributed by atoms with Crippen molar-refractivity contribution in [2.75, 3.05) is 19.1 Å². The summed E-state index contributed by atoms with van der Waals surface area (Å²) in [5, 5.41) is 10.5. The van der Waals surface area contributed by atoms with Crippen molar-refractivity contribution in [1.82, 2.24) is 0 Å². The molecule has 1 aliphatic heterocycles. The Morgan fingerprint density at radius 3 is 1.60 bits per heavy atom. The number of phosphoric acid groups is 1. The van der Waals surface area contributed by atoms with Crippen LogP contribution >= 0.6 is 7.82 Å². The predicted octanol–water partition coefficient (Wildman–Crippen LogP) is 5.28. The molecule has 52 heavy (non-hydrogen) atoms. The first kappa shape index (κ1) is 38.9. The van der Waals surface area contributed by atoms with Gasteiger partial charge < -0.3 is 19.3 Å². The fourth-order valence-electron chi connectivity index (χ4n) is 4.93. The van der Waals surface area contributed by atoms with Gasteiger partial charge in [0.05, 0.1) is 29.6 Å². The number of ether oxygens (including phenoxy) is 3. The van der Waals surface area contributed by atoms with Crippen LogP contribution in [0.2, 0.25) is 0 Å². The minimum atomic E-state index is -4.52. The summed E-state index contributed by atoms with van der Waals surface area (Å²) in [5.74, 6) is -1.71. The van der Waals surface area contributed by atoms with E-state index in [0.29, 0.717) is 22.3 Å². The Kier molecular flexibility index (Phi) is 12.7. The van der Waals surface area contributed by atoms with Crippen molar-refractivity contribution in [2.45, 2.75) is 48.4 Å². The molecular formula is C36H37O13PS2. The van der Waals surface area contributed by atoms with Crippen LogP contribution in [0.15, 0.2) is 131 Å². The highest BCUT2D eigenvalue weighted by atomic mass is 32.2. The maximum Gasteiger partial charge on any atom is 0.475 e. The van der Waals surface area contributed by atoms with Gasteiger partial charge in [0.15, 0.2) is 31.5 Å². The highest BCUT2D eigenvalue weighted by molar-refractivity contribution is 7.91. The zero-order valence-electron chi connectivity index (χ0n) is 28.2. The topological polar surface area (TPSA) is 178 Å². The summed E-state index contributed by atoms with van der Waals surface area (Å²) >= 11 is 0. The largest absolute Gasteiger partial charge is 0.485 e. The van der Waals surface area contributed by atoms with Gasteiger partial charge >= 0.3 is 13.8 Å². The smallest absolute Gasteiger partial charge is 0.475 e. The van der Waals surface area contributed by atoms with Crippen LogP contribution in [0.4, 0.5) is 0 Å². The van der Waals surface area contributed by atoms with Gasteiger partial charge in [0.25, 0.3) is 0 Å². The number of aliphatic hydroxyl groups is 1. The quantitative estimate of drug-likeness (QED) is 0.102. The molecule has 0 amide bonds. The van der Waals surface area contributed by atoms with Crippen LogP contribution in [0.5, 0.6) is 0 Å². The molecule has 0 unspecified atom stereocenters. The minimum Gasteiger partial charge on any atom is -0.485 e. The summed E-state index contributed by atoms with van der Waals surface area (Å²) in [5.41, 5.74) is 2.10. The summed E-state index contributed by atoms with van der Waals surface area (Å²) < 4.78 is 97.4. The summed E-state index contributed by atoms with van der Waals surface area (Å²) in [7, 11) is -11.6. The van der Waals surface area contributed by atoms with Crippen LogP contribution in [-0.4, -0.2) is 59.2 Å². The van der Waals surface area contributed by atoms with Crippen molar-refractivity contribution in [3.05, 3.63) is 143 Å². The van der Waals surface area contributed by atoms with E-state index in [4.69, 9.17) is 27.8 Å². The molecule has 1 heterocycles. The fourth-order valence-corrected chi connectivity index (χ4v) is 7.63. The average molecular weight is 773 g/mol. The van der Waals surface area contributed by atoms with Gasteiger partial charge in [0, 0.05) is 12.5 Å². The van der Waals surface area contributed by atoms with E-state index < -0.39 is 58.0 Å². The molecule has 0 bridgehead atoms. The highest BCUT2D eigenvalue weighted by Crippen LogP contribution is 2.53. The van der Waals surface area contributed by atoms with Crippen molar-refractivity contribution in [2.24, 2.45) is 0 Å². The second-order valence-corrected chi connectivity index (χ2v) is 17.4. The van der Waals surface area contributed by atoms with Gasteiger partial charge in [-0.2, -0.15) is 0 Å². The van der Waals surface area contributed by atoms with Gasteiger partial charge in [0.1, 0.15) is 19.3 Å². The summed E-state index contributed by atoms with van der Waals surface area (Å²) in [6.07, 6.45) is -1.00. The molecule has 0 radical (unpaired) electrons. The molecule has 0 fully saturated rings. The van der Waals surface area contributed by atoms with Gasteiger partial charge in [-0.3, -0.25) is 13.6 Å². The summed E-state index contributed by atoms with van der Waals surface area (Å²) in [6.45, 7) is -1.81. The lowest BCUT2D eigenvalue weighted by molar-refractivity contribution is -0.148. The second-order valence-electron chi connectivity index (χ2n) is 11.7. The summed E-state index contributed by atoms with van der Waals surface area (Å²) in [4.78, 5) is 13.4. The Bertz CT molecular complexity index is 2110. The molecule has 276 valence electrons. The molecule has 0 saturated heterocycles. The van der Waals surface area contributed by atoms with Crippen molar-refractivity contribution in [3.8, 4) is 0 Å². The molecule has 2 atom stereocenters. The Hall–Kier alpha value is -4.34. The molecule has 0 aromatic heterocycles. The molecule has 0 saturated carbocycles. The Morgan fingerprint density at radius 1 is 0.673 bits per heavy atom. The molecule has 1 N–H and O–H groups in total. The lowest BCUT2D eigenvalue weighted by Gasteiger charge is -2.27. The maximum atomic E-state index is 14.2. The molecule has 0 spiro atoms. The van der Waals surface area contributed by atoms with Crippen molar-refractivity contribution >= 4 is 33.5 Å². The molecule has 1 aliphatic rings. The van der Waals surface area contributed by atoms with E-state index in [-0.39, 0.29) is 42.0 Å². The second kappa shape index (κ2) is 17.0. The first-order chi connectivity index (χ1) is 24.7. The van der Waals surface area contributed by atoms with Crippen LogP contribution in [0.3, 0.4) is 0 Å². The van der Waals surface area contributed by atoms with Crippen LogP contribution in [0.25, 0.3) is 0 Å². The third kappa shape index (κ3) is 10.6. The number of benzene rings is 4. The van der Waals surface area contributed by atoms with Gasteiger partial charge in [0.2, 0.25) is 5.76 Å². The number of carbonyl (C=O) groups is 1. The number of aliphatic hydroxyl groups excluding tert-OH is 1. The number of carbonyl (C=O) groups excluding carboxylic acids is 1. The Labute approximate surface area is 302 Å². The average Bonchev–Trinajstić information content (AvgIpc) is 3.45. The van der Waals surface area contributed by atoms with Crippen LogP contribution in [0, 0.1) is 0 Å². The molecule has 4 aromatic rings. The van der Waals surface area contributed by atoms with Gasteiger partial charge in [-0.1, -0.05) is 84.9 Å². The SMILES string of the molecule is CS(=O)(=O)c1cccc(COC2=C(OCc3cccc(S(C)(=O)=O)c3)[C@@H]([C@H](CO)OP(=O)(OCc3ccccc3)OCc3ccccc3)OC2=O)c1. The van der Waals surface area contributed by atoms with E-state index in [1.165, 1.54) is 36.4 Å². The number of esters is 1. The van der Waals surface area contributed by atoms with E-state index in [9.17, 15) is 31.3 Å². The van der Waals surface area contributed by atoms with Crippen LogP contribution < -0.4 is 0 Å². The monoisotopic (exact) mass is 772 g/mol. The van der Waals surface area contributed by atoms with E-state index in [1.807, 2.05) is 0 Å². The standard InChI is InChI=1S/C36H37O13PS2/c1-51(40,41)30-17-9-15-28(19-30)22-44-34-33(48-36(38)35(34)45-23-29-16-10-18-31(20-29)52(2,42)43)32(21-37)49-50(39,46-24-26-11-5-3-6-12-26)47-25-27-13-7-4-8-14-27/h3-20,32-33,37H,21-25H2,1-2H3/t32-,33+/m0/s1. The lowest BCUT2D eigenvalue weighted by atomic mass is 10.1. The third-order valence-corrected chi connectivity index (χ3v) is 11.2. The molecule has 13 nitrogen and oxygen atoms in total. The predicted molar refractivity (Wildman–Crippen MR) is 188 cm³/mol. The van der Waals surface area contributed by atoms with Gasteiger partial charge in [-0.15, -0.1) is 0 Å². The number of cyclic esters (lactones) is 1. The number of rotatable bonds is 18. The zero-order valence-corrected chi connectivity index (χ0v) is 30.7. The van der Waals surface area contributed by atoms with E-state index >= 15 is 0 Å². The number of hydrogen-bond donors (Lipinski definition) is 1. The van der Waals surface area contributed by atoms with E-state index in [0.717, 1.165) is 12.5 Å². The van der Waals surface area contributed by atoms with Crippen molar-refractivity contribution < 1.29 is 59.1 Å². The van der Waals surface area contributed by atoms with Crippen LogP contribution in [-0.2, 0) is 83.2 Å². The van der Waals surface area contributed by atoms with Crippen molar-refractivity contribution in [1.29, 1.82) is 0 Å². The number of sulfone groups is 2. The summed E-state index contributed by atoms with van der Waals surface area (Å²) in [6, 6.07) is 29.5. The molecular weight excluding hydrogens is 735 g/mol. The van der Waals surface area contributed by atoms with Crippen molar-refractivity contribution in [3.63, 3.8) is 0 Å². The van der Waals surface area contributed by atoms with E-state index in [2.05, 4.69) is 0 Å². The normalized spacial score (nSPS) is 15.7. The molecule has 0 aliphatic carbocycles. The van der Waals surface area contributed by atoms with Gasteiger partial charge in [-0.05, 0) is 46.5 Å². The zero-order chi connectivity index (χ0) is 37.4. The third-order valence-electron chi connectivity index (χ3n) is 7.58. The minimum absolute atomic E-state index is 0.0312. The molecule has 4 aromatic carbocycles. The first-order valence-corrected chi connectivity index (χ1v) is 21.0. The maximum absolute atomic E-state index is 14.2. The van der Waals surface area contributed by atoms with E-state index in [1.54, 1.807) is 72.8 Å². The Morgan fingerprint density at radius 2 is 1.13 bits per heavy atom. The number of phosphoric ester groups is 1. The van der Waals surface area contributed by atoms with Gasteiger partial charge in [-0.25, -0.2) is 26.2 Å². The molecule has 5 rings (SSSR count). The number of hydrogen-bond acceptors (Lipinski definition) is 13.